The first-order chi connectivity index (χ1) is 10.1. The average molecular weight is 285 g/mol. The molecule has 1 aliphatic heterocycles. The van der Waals surface area contributed by atoms with Gasteiger partial charge in [-0.15, -0.1) is 0 Å². The lowest BCUT2D eigenvalue weighted by Gasteiger charge is -2.35. The highest BCUT2D eigenvalue weighted by atomic mass is 16.5. The molecule has 0 saturated heterocycles. The minimum atomic E-state index is -0.319. The molecule has 21 heavy (non-hydrogen) atoms. The van der Waals surface area contributed by atoms with Crippen molar-refractivity contribution in [2.45, 2.75) is 32.2 Å². The van der Waals surface area contributed by atoms with Gasteiger partial charge in [-0.3, -0.25) is 4.79 Å². The number of Topliss-reactive ketones (excluding diaryl/α,β-unsaturated/α-hetero) is 1. The van der Waals surface area contributed by atoms with Gasteiger partial charge >= 0.3 is 5.97 Å². The zero-order valence-electron chi connectivity index (χ0n) is 12.3. The number of ether oxygens (including phenoxy) is 1. The van der Waals surface area contributed by atoms with Crippen LogP contribution in [0.3, 0.4) is 0 Å². The normalized spacial score (nSPS) is 25.7. The maximum absolute atomic E-state index is 12.2. The van der Waals surface area contributed by atoms with Crippen LogP contribution < -0.4 is 5.32 Å². The summed E-state index contributed by atoms with van der Waals surface area (Å²) in [7, 11) is 0. The number of fused-ring (bicyclic) bond motifs is 3. The number of carbonyl (C=O) groups excluding carboxylic acids is 2. The van der Waals surface area contributed by atoms with E-state index in [1.807, 2.05) is 19.1 Å². The van der Waals surface area contributed by atoms with Gasteiger partial charge in [-0.1, -0.05) is 12.2 Å². The van der Waals surface area contributed by atoms with Crippen LogP contribution in [0.25, 0.3) is 0 Å². The summed E-state index contributed by atoms with van der Waals surface area (Å²) in [5, 5.41) is 3.29. The largest absolute Gasteiger partial charge is 0.464 e. The molecule has 110 valence electrons. The third-order valence-corrected chi connectivity index (χ3v) is 4.31. The number of rotatable bonds is 3. The number of nitrogens with one attached hydrogen (secondary N) is 1. The fourth-order valence-electron chi connectivity index (χ4n) is 3.28. The highest BCUT2D eigenvalue weighted by Gasteiger charge is 2.41. The zero-order chi connectivity index (χ0) is 15.0. The van der Waals surface area contributed by atoms with E-state index in [0.717, 1.165) is 17.7 Å². The summed E-state index contributed by atoms with van der Waals surface area (Å²) in [5.74, 6) is 0.204. The van der Waals surface area contributed by atoms with Crippen molar-refractivity contribution < 1.29 is 14.3 Å². The Balaban J connectivity index is 1.98. The monoisotopic (exact) mass is 285 g/mol. The van der Waals surface area contributed by atoms with Gasteiger partial charge in [0.15, 0.2) is 5.78 Å². The fourth-order valence-corrected chi connectivity index (χ4v) is 3.28. The van der Waals surface area contributed by atoms with E-state index in [1.54, 1.807) is 13.0 Å². The summed E-state index contributed by atoms with van der Waals surface area (Å²) < 4.78 is 5.18. The molecule has 1 N–H and O–H groups in total. The quantitative estimate of drug-likeness (QED) is 0.527. The molecule has 4 heteroatoms. The van der Waals surface area contributed by atoms with E-state index in [2.05, 4.69) is 17.5 Å². The second-order valence-corrected chi connectivity index (χ2v) is 5.59. The molecule has 0 amide bonds. The second-order valence-electron chi connectivity index (χ2n) is 5.59. The highest BCUT2D eigenvalue weighted by Crippen LogP contribution is 2.45. The summed E-state index contributed by atoms with van der Waals surface area (Å²) >= 11 is 0. The van der Waals surface area contributed by atoms with Crippen molar-refractivity contribution in [1.82, 2.24) is 0 Å². The van der Waals surface area contributed by atoms with Crippen molar-refractivity contribution >= 4 is 17.4 Å². The molecule has 1 aromatic carbocycles. The average Bonchev–Trinajstić information content (AvgIpc) is 2.95. The van der Waals surface area contributed by atoms with Crippen LogP contribution in [0.2, 0.25) is 0 Å². The number of anilines is 1. The Labute approximate surface area is 124 Å². The molecule has 0 bridgehead atoms. The maximum Gasteiger partial charge on any atom is 0.328 e. The first-order valence-electron chi connectivity index (χ1n) is 7.36. The van der Waals surface area contributed by atoms with Crippen LogP contribution in [0, 0.1) is 5.92 Å². The molecule has 0 radical (unpaired) electrons. The Morgan fingerprint density at radius 3 is 2.90 bits per heavy atom. The van der Waals surface area contributed by atoms with Gasteiger partial charge in [0.25, 0.3) is 0 Å². The Bertz CT molecular complexity index is 620. The van der Waals surface area contributed by atoms with Gasteiger partial charge in [0.1, 0.15) is 6.04 Å². The molecule has 4 nitrogen and oxygen atoms in total. The van der Waals surface area contributed by atoms with E-state index in [-0.39, 0.29) is 29.6 Å². The van der Waals surface area contributed by atoms with Crippen LogP contribution in [0.5, 0.6) is 0 Å². The lowest BCUT2D eigenvalue weighted by molar-refractivity contribution is -0.145. The molecule has 0 saturated carbocycles. The Morgan fingerprint density at radius 1 is 1.38 bits per heavy atom. The third-order valence-electron chi connectivity index (χ3n) is 4.31. The standard InChI is InChI=1S/C17H19NO3/c1-3-21-17(20)16-13-6-4-5-12(13)14-9-11(10(2)19)7-8-15(14)18-16/h4-5,7-9,12-13,16,18H,3,6H2,1-2H3/t12-,13-,16-/m0/s1. The number of hydrogen-bond acceptors (Lipinski definition) is 4. The molecule has 0 unspecified atom stereocenters. The third kappa shape index (κ3) is 2.35. The van der Waals surface area contributed by atoms with Gasteiger partial charge in [-0.25, -0.2) is 4.79 Å². The van der Waals surface area contributed by atoms with Crippen molar-refractivity contribution in [3.05, 3.63) is 41.5 Å². The minimum Gasteiger partial charge on any atom is -0.464 e. The maximum atomic E-state index is 12.2. The van der Waals surface area contributed by atoms with Crippen molar-refractivity contribution in [1.29, 1.82) is 0 Å². The van der Waals surface area contributed by atoms with Crippen molar-refractivity contribution in [2.24, 2.45) is 5.92 Å². The molecule has 0 aromatic heterocycles. The topological polar surface area (TPSA) is 55.4 Å². The molecule has 3 rings (SSSR count). The van der Waals surface area contributed by atoms with Crippen LogP contribution in [-0.2, 0) is 9.53 Å². The number of esters is 1. The van der Waals surface area contributed by atoms with Crippen LogP contribution in [0.15, 0.2) is 30.4 Å². The first kappa shape index (κ1) is 13.9. The molecule has 1 aliphatic carbocycles. The van der Waals surface area contributed by atoms with Gasteiger partial charge in [-0.05, 0) is 44.0 Å². The Morgan fingerprint density at radius 2 is 2.19 bits per heavy atom. The lowest BCUT2D eigenvalue weighted by atomic mass is 9.78. The highest BCUT2D eigenvalue weighted by molar-refractivity contribution is 5.95. The number of hydrogen-bond donors (Lipinski definition) is 1. The second kappa shape index (κ2) is 5.35. The number of allylic oxidation sites excluding steroid dienone is 2. The Hall–Kier alpha value is -2.10. The molecule has 3 atom stereocenters. The number of benzene rings is 1. The van der Waals surface area contributed by atoms with Crippen molar-refractivity contribution in [3.8, 4) is 0 Å². The number of carbonyl (C=O) groups is 2. The fraction of sp³-hybridized carbons (Fsp3) is 0.412. The molecule has 0 fully saturated rings. The van der Waals surface area contributed by atoms with E-state index < -0.39 is 0 Å². The molecule has 1 heterocycles. The predicted molar refractivity (Wildman–Crippen MR) is 80.5 cm³/mol. The zero-order valence-corrected chi connectivity index (χ0v) is 12.3. The molecule has 2 aliphatic rings. The van der Waals surface area contributed by atoms with E-state index >= 15 is 0 Å². The van der Waals surface area contributed by atoms with Crippen molar-refractivity contribution in [3.63, 3.8) is 0 Å². The molecular formula is C17H19NO3. The van der Waals surface area contributed by atoms with Crippen LogP contribution in [0.1, 0.15) is 42.1 Å². The summed E-state index contributed by atoms with van der Waals surface area (Å²) in [4.78, 5) is 23.7. The van der Waals surface area contributed by atoms with Crippen molar-refractivity contribution in [2.75, 3.05) is 11.9 Å². The summed E-state index contributed by atoms with van der Waals surface area (Å²) in [5.41, 5.74) is 2.73. The molecule has 0 spiro atoms. The number of ketones is 1. The summed E-state index contributed by atoms with van der Waals surface area (Å²) in [6.07, 6.45) is 5.10. The van der Waals surface area contributed by atoms with Gasteiger partial charge < -0.3 is 10.1 Å². The minimum absolute atomic E-state index is 0.0591. The molecule has 1 aromatic rings. The van der Waals surface area contributed by atoms with E-state index in [9.17, 15) is 9.59 Å². The van der Waals surface area contributed by atoms with Gasteiger partial charge in [-0.2, -0.15) is 0 Å². The van der Waals surface area contributed by atoms with E-state index in [4.69, 9.17) is 4.74 Å². The van der Waals surface area contributed by atoms with Gasteiger partial charge in [0.05, 0.1) is 6.61 Å². The summed E-state index contributed by atoms with van der Waals surface area (Å²) in [6.45, 7) is 3.78. The van der Waals surface area contributed by atoms with Gasteiger partial charge in [0.2, 0.25) is 0 Å². The van der Waals surface area contributed by atoms with Crippen LogP contribution in [0.4, 0.5) is 5.69 Å². The first-order valence-corrected chi connectivity index (χ1v) is 7.36. The smallest absolute Gasteiger partial charge is 0.328 e. The van der Waals surface area contributed by atoms with Crippen LogP contribution in [-0.4, -0.2) is 24.4 Å². The molecular weight excluding hydrogens is 266 g/mol. The van der Waals surface area contributed by atoms with E-state index in [1.165, 1.54) is 0 Å². The van der Waals surface area contributed by atoms with E-state index in [0.29, 0.717) is 12.2 Å². The predicted octanol–water partition coefficient (Wildman–Crippen LogP) is 2.91. The van der Waals surface area contributed by atoms with Gasteiger partial charge in [0, 0.05) is 23.1 Å². The Kier molecular flexibility index (Phi) is 3.53. The SMILES string of the molecule is CCOC(=O)[C@H]1Nc2ccc(C(C)=O)cc2[C@H]2C=CC[C@H]12. The lowest BCUT2D eigenvalue weighted by Crippen LogP contribution is -2.43. The summed E-state index contributed by atoms with van der Waals surface area (Å²) in [6, 6.07) is 5.32. The van der Waals surface area contributed by atoms with Crippen LogP contribution >= 0.6 is 0 Å².